The van der Waals surface area contributed by atoms with Gasteiger partial charge in [0.1, 0.15) is 0 Å². The number of carboxylic acids is 1. The molecule has 0 aliphatic carbocycles. The maximum Gasteiger partial charge on any atom is 0.356 e. The first kappa shape index (κ1) is 13.4. The number of nitrogens with zero attached hydrogens (tertiary/aromatic N) is 2. The predicted octanol–water partition coefficient (Wildman–Crippen LogP) is 1.20. The molecule has 0 bridgehead atoms. The number of aromatic nitrogens is 2. The summed E-state index contributed by atoms with van der Waals surface area (Å²) in [6, 6.07) is 0. The van der Waals surface area contributed by atoms with Crippen molar-refractivity contribution >= 4 is 29.0 Å². The van der Waals surface area contributed by atoms with Crippen LogP contribution in [0.1, 0.15) is 30.3 Å². The molecule has 1 heterocycles. The summed E-state index contributed by atoms with van der Waals surface area (Å²) in [6.45, 7) is 2.85. The molecule has 0 unspecified atom stereocenters. The number of thiocarbonyl (C=S) groups is 1. The zero-order valence-electron chi connectivity index (χ0n) is 9.86. The fraction of sp³-hybridized carbons (Fsp3) is 0.500. The minimum absolute atomic E-state index is 0.0876. The highest BCUT2D eigenvalue weighted by Crippen LogP contribution is 2.13. The van der Waals surface area contributed by atoms with Gasteiger partial charge in [0.2, 0.25) is 0 Å². The minimum atomic E-state index is -1.04. The standard InChI is InChI=1S/C10H16N4O2S/c1-3-4-5-11-10(17)13-7-6-12-14(2)8(7)9(15)16/h6H,3-5H2,1-2H3,(H,15,16)(H2,11,13,17). The highest BCUT2D eigenvalue weighted by Gasteiger charge is 2.16. The van der Waals surface area contributed by atoms with Crippen molar-refractivity contribution < 1.29 is 9.90 Å². The Morgan fingerprint density at radius 2 is 2.35 bits per heavy atom. The fourth-order valence-corrected chi connectivity index (χ4v) is 1.54. The lowest BCUT2D eigenvalue weighted by atomic mass is 10.3. The summed E-state index contributed by atoms with van der Waals surface area (Å²) in [6.07, 6.45) is 3.53. The molecule has 0 atom stereocenters. The van der Waals surface area contributed by atoms with Gasteiger partial charge in [0.25, 0.3) is 0 Å². The Kier molecular flexibility index (Phi) is 4.89. The average Bonchev–Trinajstić information content (AvgIpc) is 2.60. The largest absolute Gasteiger partial charge is 0.476 e. The molecule has 6 nitrogen and oxygen atoms in total. The van der Waals surface area contributed by atoms with E-state index in [-0.39, 0.29) is 5.69 Å². The minimum Gasteiger partial charge on any atom is -0.476 e. The summed E-state index contributed by atoms with van der Waals surface area (Å²) in [4.78, 5) is 11.0. The van der Waals surface area contributed by atoms with E-state index in [0.717, 1.165) is 19.4 Å². The summed E-state index contributed by atoms with van der Waals surface area (Å²) in [7, 11) is 1.57. The van der Waals surface area contributed by atoms with Gasteiger partial charge >= 0.3 is 5.97 Å². The van der Waals surface area contributed by atoms with Gasteiger partial charge in [-0.05, 0) is 18.6 Å². The molecule has 1 aromatic heterocycles. The first-order valence-electron chi connectivity index (χ1n) is 5.36. The normalized spacial score (nSPS) is 10.0. The third kappa shape index (κ3) is 3.70. The molecule has 0 saturated carbocycles. The van der Waals surface area contributed by atoms with E-state index < -0.39 is 5.97 Å². The lowest BCUT2D eigenvalue weighted by Gasteiger charge is -2.09. The highest BCUT2D eigenvalue weighted by molar-refractivity contribution is 7.80. The van der Waals surface area contributed by atoms with E-state index >= 15 is 0 Å². The van der Waals surface area contributed by atoms with E-state index in [1.807, 2.05) is 0 Å². The van der Waals surface area contributed by atoms with Gasteiger partial charge < -0.3 is 15.7 Å². The van der Waals surface area contributed by atoms with Crippen LogP contribution >= 0.6 is 12.2 Å². The fourth-order valence-electron chi connectivity index (χ4n) is 1.33. The molecule has 0 fully saturated rings. The molecule has 94 valence electrons. The van der Waals surface area contributed by atoms with Crippen molar-refractivity contribution in [1.82, 2.24) is 15.1 Å². The summed E-state index contributed by atoms with van der Waals surface area (Å²) >= 11 is 5.05. The van der Waals surface area contributed by atoms with Crippen LogP contribution < -0.4 is 10.6 Å². The van der Waals surface area contributed by atoms with Crippen LogP contribution in [0.4, 0.5) is 5.69 Å². The molecule has 0 saturated heterocycles. The molecule has 0 radical (unpaired) electrons. The zero-order valence-corrected chi connectivity index (χ0v) is 10.7. The van der Waals surface area contributed by atoms with Crippen LogP contribution in [-0.2, 0) is 7.05 Å². The molecule has 0 aromatic carbocycles. The molecule has 17 heavy (non-hydrogen) atoms. The maximum atomic E-state index is 11.0. The van der Waals surface area contributed by atoms with Crippen LogP contribution in [-0.4, -0.2) is 32.5 Å². The molecule has 0 aliphatic heterocycles. The summed E-state index contributed by atoms with van der Waals surface area (Å²) in [5, 5.41) is 19.1. The van der Waals surface area contributed by atoms with Crippen LogP contribution in [0.15, 0.2) is 6.20 Å². The molecule has 1 aromatic rings. The van der Waals surface area contributed by atoms with E-state index in [2.05, 4.69) is 22.7 Å². The van der Waals surface area contributed by atoms with Gasteiger partial charge in [-0.1, -0.05) is 13.3 Å². The van der Waals surface area contributed by atoms with Gasteiger partial charge in [0.15, 0.2) is 10.8 Å². The number of rotatable bonds is 5. The lowest BCUT2D eigenvalue weighted by Crippen LogP contribution is -2.29. The van der Waals surface area contributed by atoms with Crippen LogP contribution in [0, 0.1) is 0 Å². The Balaban J connectivity index is 2.62. The van der Waals surface area contributed by atoms with E-state index in [4.69, 9.17) is 17.3 Å². The van der Waals surface area contributed by atoms with Gasteiger partial charge in [-0.25, -0.2) is 4.79 Å². The molecule has 0 amide bonds. The van der Waals surface area contributed by atoms with Crippen molar-refractivity contribution in [2.75, 3.05) is 11.9 Å². The molecule has 1 rings (SSSR count). The molecular weight excluding hydrogens is 240 g/mol. The van der Waals surface area contributed by atoms with Crippen LogP contribution in [0.5, 0.6) is 0 Å². The van der Waals surface area contributed by atoms with Crippen LogP contribution in [0.3, 0.4) is 0 Å². The quantitative estimate of drug-likeness (QED) is 0.543. The first-order chi connectivity index (χ1) is 8.06. The Hall–Kier alpha value is -1.63. The van der Waals surface area contributed by atoms with Gasteiger partial charge in [0.05, 0.1) is 11.9 Å². The number of hydrogen-bond acceptors (Lipinski definition) is 3. The number of carbonyl (C=O) groups is 1. The Bertz CT molecular complexity index is 416. The second-order valence-electron chi connectivity index (χ2n) is 3.57. The number of hydrogen-bond donors (Lipinski definition) is 3. The van der Waals surface area contributed by atoms with Crippen molar-refractivity contribution in [2.24, 2.45) is 7.05 Å². The van der Waals surface area contributed by atoms with E-state index in [1.54, 1.807) is 7.05 Å². The first-order valence-corrected chi connectivity index (χ1v) is 5.77. The molecule has 7 heteroatoms. The zero-order chi connectivity index (χ0) is 12.8. The molecule has 0 spiro atoms. The summed E-state index contributed by atoms with van der Waals surface area (Å²) < 4.78 is 1.29. The molecule has 0 aliphatic rings. The van der Waals surface area contributed by atoms with E-state index in [1.165, 1.54) is 10.9 Å². The Morgan fingerprint density at radius 1 is 1.65 bits per heavy atom. The predicted molar refractivity (Wildman–Crippen MR) is 69.3 cm³/mol. The number of aryl methyl sites for hydroxylation is 1. The second-order valence-corrected chi connectivity index (χ2v) is 3.98. The third-order valence-electron chi connectivity index (χ3n) is 2.21. The molecule has 3 N–H and O–H groups in total. The number of anilines is 1. The van der Waals surface area contributed by atoms with Crippen molar-refractivity contribution in [1.29, 1.82) is 0 Å². The highest BCUT2D eigenvalue weighted by atomic mass is 32.1. The smallest absolute Gasteiger partial charge is 0.356 e. The van der Waals surface area contributed by atoms with Crippen LogP contribution in [0.25, 0.3) is 0 Å². The van der Waals surface area contributed by atoms with E-state index in [9.17, 15) is 4.79 Å². The van der Waals surface area contributed by atoms with Gasteiger partial charge in [-0.15, -0.1) is 0 Å². The number of unbranched alkanes of at least 4 members (excludes halogenated alkanes) is 1. The number of aromatic carboxylic acids is 1. The second kappa shape index (κ2) is 6.19. The van der Waals surface area contributed by atoms with Gasteiger partial charge in [0, 0.05) is 13.6 Å². The maximum absolute atomic E-state index is 11.0. The van der Waals surface area contributed by atoms with Crippen molar-refractivity contribution in [3.63, 3.8) is 0 Å². The number of nitrogens with one attached hydrogen (secondary N) is 2. The molecular formula is C10H16N4O2S. The topological polar surface area (TPSA) is 79.2 Å². The SMILES string of the molecule is CCCCNC(=S)Nc1cnn(C)c1C(=O)O. The van der Waals surface area contributed by atoms with Crippen molar-refractivity contribution in [3.8, 4) is 0 Å². The Labute approximate surface area is 105 Å². The van der Waals surface area contributed by atoms with E-state index in [0.29, 0.717) is 10.8 Å². The van der Waals surface area contributed by atoms with Crippen LogP contribution in [0.2, 0.25) is 0 Å². The lowest BCUT2D eigenvalue weighted by molar-refractivity contribution is 0.0686. The monoisotopic (exact) mass is 256 g/mol. The van der Waals surface area contributed by atoms with Gasteiger partial charge in [-0.2, -0.15) is 5.10 Å². The van der Waals surface area contributed by atoms with Crippen molar-refractivity contribution in [3.05, 3.63) is 11.9 Å². The van der Waals surface area contributed by atoms with Crippen molar-refractivity contribution in [2.45, 2.75) is 19.8 Å². The average molecular weight is 256 g/mol. The third-order valence-corrected chi connectivity index (χ3v) is 2.45. The summed E-state index contributed by atoms with van der Waals surface area (Å²) in [5.41, 5.74) is 0.485. The summed E-state index contributed by atoms with van der Waals surface area (Å²) in [5.74, 6) is -1.04. The number of carboxylic acid groups (broad SMARTS) is 1. The van der Waals surface area contributed by atoms with Gasteiger partial charge in [-0.3, -0.25) is 4.68 Å². The Morgan fingerprint density at radius 3 is 2.94 bits per heavy atom.